The van der Waals surface area contributed by atoms with E-state index in [-0.39, 0.29) is 5.91 Å². The van der Waals surface area contributed by atoms with E-state index in [1.54, 1.807) is 39.6 Å². The monoisotopic (exact) mass is 517 g/mol. The molecule has 0 saturated carbocycles. The lowest BCUT2D eigenvalue weighted by Crippen LogP contribution is -2.29. The molecule has 0 aliphatic carbocycles. The fourth-order valence-electron chi connectivity index (χ4n) is 3.96. The highest BCUT2D eigenvalue weighted by atomic mass is 16.5. The zero-order chi connectivity index (χ0) is 27.2. The smallest absolute Gasteiger partial charge is 0.247 e. The van der Waals surface area contributed by atoms with Crippen LogP contribution in [0.5, 0.6) is 11.5 Å². The molecule has 0 saturated heterocycles. The lowest BCUT2D eigenvalue weighted by Gasteiger charge is -2.25. The molecule has 38 heavy (non-hydrogen) atoms. The van der Waals surface area contributed by atoms with E-state index >= 15 is 0 Å². The number of hydroxylamine groups is 2. The van der Waals surface area contributed by atoms with Crippen LogP contribution >= 0.6 is 0 Å². The van der Waals surface area contributed by atoms with Crippen molar-refractivity contribution in [2.75, 3.05) is 56.9 Å². The van der Waals surface area contributed by atoms with Gasteiger partial charge in [-0.15, -0.1) is 0 Å². The van der Waals surface area contributed by atoms with Crippen LogP contribution in [-0.2, 0) is 4.79 Å². The number of amides is 1. The minimum atomic E-state index is -0.357. The topological polar surface area (TPSA) is 117 Å². The number of nitrogens with zero attached hydrogens (tertiary/aromatic N) is 5. The van der Waals surface area contributed by atoms with E-state index in [0.717, 1.165) is 21.7 Å². The van der Waals surface area contributed by atoms with Crippen LogP contribution in [-0.4, -0.2) is 72.1 Å². The molecule has 11 heteroatoms. The highest BCUT2D eigenvalue weighted by molar-refractivity contribution is 6.02. The Labute approximate surface area is 220 Å². The maximum Gasteiger partial charge on any atom is 0.247 e. The Morgan fingerprint density at radius 1 is 1.11 bits per heavy atom. The molecule has 0 spiro atoms. The Morgan fingerprint density at radius 2 is 1.92 bits per heavy atom. The minimum Gasteiger partial charge on any atom is -0.497 e. The van der Waals surface area contributed by atoms with Gasteiger partial charge in [-0.1, -0.05) is 6.58 Å². The summed E-state index contributed by atoms with van der Waals surface area (Å²) in [6.07, 6.45) is 4.81. The van der Waals surface area contributed by atoms with E-state index in [4.69, 9.17) is 14.5 Å². The van der Waals surface area contributed by atoms with Crippen molar-refractivity contribution in [2.45, 2.75) is 0 Å². The molecular weight excluding hydrogens is 486 g/mol. The molecule has 0 radical (unpaired) electrons. The molecule has 0 fully saturated rings. The van der Waals surface area contributed by atoms with E-state index in [9.17, 15) is 10.0 Å². The van der Waals surface area contributed by atoms with E-state index in [1.165, 1.54) is 6.08 Å². The molecule has 2 heterocycles. The summed E-state index contributed by atoms with van der Waals surface area (Å²) in [6, 6.07) is 13.2. The summed E-state index contributed by atoms with van der Waals surface area (Å²) >= 11 is 0. The number of carbonyl (C=O) groups is 1. The zero-order valence-electron chi connectivity index (χ0n) is 21.8. The molecule has 0 unspecified atom stereocenters. The van der Waals surface area contributed by atoms with Crippen molar-refractivity contribution in [3.05, 3.63) is 67.5 Å². The van der Waals surface area contributed by atoms with Gasteiger partial charge in [0.2, 0.25) is 11.9 Å². The Morgan fingerprint density at radius 3 is 2.63 bits per heavy atom. The standard InChI is InChI=1S/C27H31N7O4/c1-6-26(35)29-20-16-21(24(38-5)17-23(20)32(2)13-14-33(3)36)30-27-28-11-9-25(31-27)34-12-10-18-15-19(37-4)7-8-22(18)34/h6-12,15-17,36H,1,13-14H2,2-5H3,(H,29,35)(H,28,30,31). The summed E-state index contributed by atoms with van der Waals surface area (Å²) < 4.78 is 12.9. The fourth-order valence-corrected chi connectivity index (χ4v) is 3.96. The summed E-state index contributed by atoms with van der Waals surface area (Å²) in [6.45, 7) is 4.44. The Hall–Kier alpha value is -4.61. The van der Waals surface area contributed by atoms with Crippen molar-refractivity contribution in [1.82, 2.24) is 19.6 Å². The van der Waals surface area contributed by atoms with Gasteiger partial charge in [0.25, 0.3) is 0 Å². The molecule has 2 aromatic carbocycles. The number of benzene rings is 2. The molecule has 4 rings (SSSR count). The number of hydrogen-bond donors (Lipinski definition) is 3. The summed E-state index contributed by atoms with van der Waals surface area (Å²) in [7, 11) is 6.63. The van der Waals surface area contributed by atoms with Crippen LogP contribution in [0.15, 0.2) is 67.5 Å². The number of likely N-dealkylation sites (N-methyl/N-ethyl adjacent to an activating group) is 2. The molecule has 0 aliphatic rings. The molecule has 11 nitrogen and oxygen atoms in total. The largest absolute Gasteiger partial charge is 0.497 e. The molecule has 198 valence electrons. The van der Waals surface area contributed by atoms with Crippen molar-refractivity contribution in [3.63, 3.8) is 0 Å². The average molecular weight is 518 g/mol. The number of nitrogens with one attached hydrogen (secondary N) is 2. The summed E-state index contributed by atoms with van der Waals surface area (Å²) in [4.78, 5) is 23.2. The third-order valence-electron chi connectivity index (χ3n) is 5.96. The number of hydrogen-bond acceptors (Lipinski definition) is 9. The molecule has 3 N–H and O–H groups in total. The Bertz CT molecular complexity index is 1450. The van der Waals surface area contributed by atoms with E-state index in [1.807, 2.05) is 53.0 Å². The van der Waals surface area contributed by atoms with Crippen molar-refractivity contribution >= 4 is 39.8 Å². The van der Waals surface area contributed by atoms with E-state index < -0.39 is 0 Å². The van der Waals surface area contributed by atoms with Crippen molar-refractivity contribution in [2.24, 2.45) is 0 Å². The first-order valence-corrected chi connectivity index (χ1v) is 11.8. The number of anilines is 4. The lowest BCUT2D eigenvalue weighted by molar-refractivity contribution is -0.111. The summed E-state index contributed by atoms with van der Waals surface area (Å²) in [5, 5.41) is 17.7. The lowest BCUT2D eigenvalue weighted by atomic mass is 10.2. The normalized spacial score (nSPS) is 10.9. The van der Waals surface area contributed by atoms with E-state index in [0.29, 0.717) is 47.7 Å². The molecule has 2 aromatic heterocycles. The quantitative estimate of drug-likeness (QED) is 0.200. The Kier molecular flexibility index (Phi) is 8.09. The van der Waals surface area contributed by atoms with Gasteiger partial charge in [0, 0.05) is 51.0 Å². The van der Waals surface area contributed by atoms with Crippen molar-refractivity contribution in [1.29, 1.82) is 0 Å². The third kappa shape index (κ3) is 5.85. The van der Waals surface area contributed by atoms with Crippen LogP contribution in [0.2, 0.25) is 0 Å². The molecule has 0 aliphatic heterocycles. The van der Waals surface area contributed by atoms with Crippen LogP contribution in [0.25, 0.3) is 16.7 Å². The number of methoxy groups -OCH3 is 2. The number of aromatic nitrogens is 3. The number of rotatable bonds is 11. The molecule has 1 amide bonds. The van der Waals surface area contributed by atoms with Gasteiger partial charge in [-0.3, -0.25) is 4.79 Å². The molecule has 0 bridgehead atoms. The second-order valence-electron chi connectivity index (χ2n) is 8.54. The van der Waals surface area contributed by atoms with Crippen LogP contribution in [0.3, 0.4) is 0 Å². The first kappa shape index (κ1) is 26.5. The van der Waals surface area contributed by atoms with Gasteiger partial charge in [-0.05, 0) is 42.5 Å². The number of ether oxygens (including phenoxy) is 2. The first-order chi connectivity index (χ1) is 18.3. The highest BCUT2D eigenvalue weighted by Gasteiger charge is 2.17. The van der Waals surface area contributed by atoms with Gasteiger partial charge in [0.05, 0.1) is 36.8 Å². The molecular formula is C27H31N7O4. The van der Waals surface area contributed by atoms with Gasteiger partial charge in [0.15, 0.2) is 0 Å². The highest BCUT2D eigenvalue weighted by Crippen LogP contribution is 2.38. The van der Waals surface area contributed by atoms with Gasteiger partial charge in [0.1, 0.15) is 17.3 Å². The van der Waals surface area contributed by atoms with Gasteiger partial charge >= 0.3 is 0 Å². The minimum absolute atomic E-state index is 0.347. The summed E-state index contributed by atoms with van der Waals surface area (Å²) in [5.74, 6) is 1.97. The van der Waals surface area contributed by atoms with Crippen molar-refractivity contribution < 1.29 is 19.5 Å². The van der Waals surface area contributed by atoms with Gasteiger partial charge in [-0.25, -0.2) is 4.98 Å². The molecule has 0 atom stereocenters. The zero-order valence-corrected chi connectivity index (χ0v) is 21.8. The van der Waals surface area contributed by atoms with Crippen LogP contribution in [0.4, 0.5) is 23.0 Å². The maximum atomic E-state index is 12.2. The predicted molar refractivity (Wildman–Crippen MR) is 148 cm³/mol. The van der Waals surface area contributed by atoms with Gasteiger partial charge in [-0.2, -0.15) is 10.0 Å². The average Bonchev–Trinajstić information content (AvgIpc) is 3.35. The number of fused-ring (bicyclic) bond motifs is 1. The molecule has 4 aromatic rings. The van der Waals surface area contributed by atoms with Crippen LogP contribution < -0.4 is 25.0 Å². The van der Waals surface area contributed by atoms with Crippen molar-refractivity contribution in [3.8, 4) is 17.3 Å². The third-order valence-corrected chi connectivity index (χ3v) is 5.96. The number of carbonyl (C=O) groups excluding carboxylic acids is 1. The summed E-state index contributed by atoms with van der Waals surface area (Å²) in [5.41, 5.74) is 2.77. The fraction of sp³-hybridized carbons (Fsp3) is 0.222. The second kappa shape index (κ2) is 11.6. The Balaban J connectivity index is 1.68. The van der Waals surface area contributed by atoms with E-state index in [2.05, 4.69) is 22.2 Å². The van der Waals surface area contributed by atoms with Gasteiger partial charge < -0.3 is 34.8 Å². The van der Waals surface area contributed by atoms with Crippen LogP contribution in [0, 0.1) is 0 Å². The maximum absolute atomic E-state index is 12.2. The first-order valence-electron chi connectivity index (χ1n) is 11.8. The van der Waals surface area contributed by atoms with Crippen LogP contribution in [0.1, 0.15) is 0 Å². The predicted octanol–water partition coefficient (Wildman–Crippen LogP) is 4.06. The second-order valence-corrected chi connectivity index (χ2v) is 8.54. The SMILES string of the molecule is C=CC(=O)Nc1cc(Nc2nccc(-n3ccc4cc(OC)ccc43)n2)c(OC)cc1N(C)CCN(C)O.